The average Bonchev–Trinajstić information content (AvgIpc) is 2.82. The molecule has 4 rings (SSSR count). The fraction of sp³-hybridized carbons (Fsp3) is 0.235. The number of ether oxygens (including phenoxy) is 2. The number of anilines is 1. The van der Waals surface area contributed by atoms with E-state index in [-0.39, 0.29) is 11.8 Å². The maximum absolute atomic E-state index is 12.2. The number of carbonyl (C=O) groups is 1. The highest BCUT2D eigenvalue weighted by Crippen LogP contribution is 2.38. The minimum Gasteiger partial charge on any atom is -0.486 e. The Morgan fingerprint density at radius 3 is 2.77 bits per heavy atom. The van der Waals surface area contributed by atoms with Crippen LogP contribution in [-0.2, 0) is 11.2 Å². The molecule has 2 heterocycles. The standard InChI is InChI=1S/C17H14ClNO3/c18-11-2-3-12-13(17(20)19-14(12)9-11)7-10-1-4-15-16(8-10)22-6-5-21-15/h1-4,8-9,13H,5-7H2,(H,19,20)/t13-/m1/s1. The van der Waals surface area contributed by atoms with Gasteiger partial charge in [-0.15, -0.1) is 0 Å². The number of carbonyl (C=O) groups excluding carboxylic acids is 1. The van der Waals surface area contributed by atoms with E-state index in [0.29, 0.717) is 24.7 Å². The number of benzene rings is 2. The second-order valence-electron chi connectivity index (χ2n) is 5.46. The summed E-state index contributed by atoms with van der Waals surface area (Å²) < 4.78 is 11.1. The van der Waals surface area contributed by atoms with Crippen LogP contribution >= 0.6 is 11.6 Å². The topological polar surface area (TPSA) is 47.6 Å². The quantitative estimate of drug-likeness (QED) is 0.924. The van der Waals surface area contributed by atoms with E-state index in [0.717, 1.165) is 28.3 Å². The van der Waals surface area contributed by atoms with Gasteiger partial charge in [0.1, 0.15) is 13.2 Å². The summed E-state index contributed by atoms with van der Waals surface area (Å²) in [6.45, 7) is 1.13. The van der Waals surface area contributed by atoms with Crippen molar-refractivity contribution >= 4 is 23.2 Å². The fourth-order valence-electron chi connectivity index (χ4n) is 2.95. The van der Waals surface area contributed by atoms with Crippen molar-refractivity contribution in [1.29, 1.82) is 0 Å². The van der Waals surface area contributed by atoms with Crippen LogP contribution in [0.4, 0.5) is 5.69 Å². The number of hydrogen-bond acceptors (Lipinski definition) is 3. The van der Waals surface area contributed by atoms with Gasteiger partial charge in [0.05, 0.1) is 5.92 Å². The predicted molar refractivity (Wildman–Crippen MR) is 84.0 cm³/mol. The summed E-state index contributed by atoms with van der Waals surface area (Å²) in [5.74, 6) is 1.32. The molecule has 4 nitrogen and oxygen atoms in total. The molecule has 0 bridgehead atoms. The Kier molecular flexibility index (Phi) is 3.19. The van der Waals surface area contributed by atoms with Crippen molar-refractivity contribution in [2.45, 2.75) is 12.3 Å². The SMILES string of the molecule is O=C1Nc2cc(Cl)ccc2[C@H]1Cc1ccc2c(c1)OCCO2. The Balaban J connectivity index is 1.63. The van der Waals surface area contributed by atoms with Gasteiger partial charge in [0.2, 0.25) is 5.91 Å². The second-order valence-corrected chi connectivity index (χ2v) is 5.89. The van der Waals surface area contributed by atoms with E-state index in [1.165, 1.54) is 0 Å². The van der Waals surface area contributed by atoms with Crippen molar-refractivity contribution in [3.8, 4) is 11.5 Å². The summed E-state index contributed by atoms with van der Waals surface area (Å²) in [4.78, 5) is 12.2. The Morgan fingerprint density at radius 1 is 1.09 bits per heavy atom. The first-order chi connectivity index (χ1) is 10.7. The van der Waals surface area contributed by atoms with E-state index in [9.17, 15) is 4.79 Å². The lowest BCUT2D eigenvalue weighted by atomic mass is 9.93. The van der Waals surface area contributed by atoms with Crippen molar-refractivity contribution in [2.24, 2.45) is 0 Å². The Morgan fingerprint density at radius 2 is 1.91 bits per heavy atom. The molecule has 2 aliphatic rings. The van der Waals surface area contributed by atoms with Gasteiger partial charge < -0.3 is 14.8 Å². The molecule has 5 heteroatoms. The van der Waals surface area contributed by atoms with Crippen LogP contribution in [0.5, 0.6) is 11.5 Å². The third kappa shape index (κ3) is 2.29. The minimum absolute atomic E-state index is 0.00663. The smallest absolute Gasteiger partial charge is 0.232 e. The Hall–Kier alpha value is -2.20. The fourth-order valence-corrected chi connectivity index (χ4v) is 3.13. The van der Waals surface area contributed by atoms with E-state index in [2.05, 4.69) is 5.32 Å². The largest absolute Gasteiger partial charge is 0.486 e. The van der Waals surface area contributed by atoms with Crippen LogP contribution in [0.25, 0.3) is 0 Å². The lowest BCUT2D eigenvalue weighted by Crippen LogP contribution is -2.16. The van der Waals surface area contributed by atoms with Gasteiger partial charge in [-0.2, -0.15) is 0 Å². The third-order valence-corrected chi connectivity index (χ3v) is 4.25. The molecule has 1 N–H and O–H groups in total. The van der Waals surface area contributed by atoms with Crippen LogP contribution in [0.15, 0.2) is 36.4 Å². The van der Waals surface area contributed by atoms with Gasteiger partial charge in [0.15, 0.2) is 11.5 Å². The summed E-state index contributed by atoms with van der Waals surface area (Å²) in [6, 6.07) is 11.4. The van der Waals surface area contributed by atoms with Gasteiger partial charge in [-0.3, -0.25) is 4.79 Å². The van der Waals surface area contributed by atoms with Crippen LogP contribution in [-0.4, -0.2) is 19.1 Å². The van der Waals surface area contributed by atoms with Crippen LogP contribution in [0, 0.1) is 0 Å². The summed E-state index contributed by atoms with van der Waals surface area (Å²) in [7, 11) is 0. The number of fused-ring (bicyclic) bond motifs is 2. The molecule has 2 aliphatic heterocycles. The molecule has 0 unspecified atom stereocenters. The Bertz CT molecular complexity index is 760. The van der Waals surface area contributed by atoms with Gasteiger partial charge in [0.25, 0.3) is 0 Å². The number of hydrogen-bond donors (Lipinski definition) is 1. The highest BCUT2D eigenvalue weighted by Gasteiger charge is 2.30. The molecule has 112 valence electrons. The Labute approximate surface area is 133 Å². The van der Waals surface area contributed by atoms with Crippen molar-refractivity contribution in [3.05, 3.63) is 52.5 Å². The molecule has 0 fully saturated rings. The number of amides is 1. The molecular weight excluding hydrogens is 302 g/mol. The molecule has 1 atom stereocenters. The van der Waals surface area contributed by atoms with E-state index >= 15 is 0 Å². The number of halogens is 1. The van der Waals surface area contributed by atoms with E-state index < -0.39 is 0 Å². The number of rotatable bonds is 2. The average molecular weight is 316 g/mol. The van der Waals surface area contributed by atoms with Gasteiger partial charge in [-0.25, -0.2) is 0 Å². The normalized spacial score (nSPS) is 18.8. The first-order valence-corrected chi connectivity index (χ1v) is 7.57. The van der Waals surface area contributed by atoms with Gasteiger partial charge in [-0.1, -0.05) is 23.7 Å². The highest BCUT2D eigenvalue weighted by molar-refractivity contribution is 6.31. The maximum atomic E-state index is 12.2. The van der Waals surface area contributed by atoms with Crippen molar-refractivity contribution in [3.63, 3.8) is 0 Å². The summed E-state index contributed by atoms with van der Waals surface area (Å²) in [5, 5.41) is 3.52. The van der Waals surface area contributed by atoms with Crippen molar-refractivity contribution in [2.75, 3.05) is 18.5 Å². The molecule has 0 saturated heterocycles. The lowest BCUT2D eigenvalue weighted by Gasteiger charge is -2.19. The highest BCUT2D eigenvalue weighted by atomic mass is 35.5. The van der Waals surface area contributed by atoms with E-state index in [1.807, 2.05) is 30.3 Å². The monoisotopic (exact) mass is 315 g/mol. The van der Waals surface area contributed by atoms with Crippen molar-refractivity contribution in [1.82, 2.24) is 0 Å². The third-order valence-electron chi connectivity index (χ3n) is 4.01. The summed E-state index contributed by atoms with van der Waals surface area (Å²) >= 11 is 5.98. The van der Waals surface area contributed by atoms with E-state index in [4.69, 9.17) is 21.1 Å². The molecule has 0 saturated carbocycles. The molecule has 0 aliphatic carbocycles. The lowest BCUT2D eigenvalue weighted by molar-refractivity contribution is -0.117. The molecule has 0 spiro atoms. The molecule has 0 radical (unpaired) electrons. The molecule has 2 aromatic carbocycles. The zero-order valence-corrected chi connectivity index (χ0v) is 12.5. The minimum atomic E-state index is -0.199. The van der Waals surface area contributed by atoms with Crippen molar-refractivity contribution < 1.29 is 14.3 Å². The first-order valence-electron chi connectivity index (χ1n) is 7.19. The van der Waals surface area contributed by atoms with E-state index in [1.54, 1.807) is 6.07 Å². The molecule has 22 heavy (non-hydrogen) atoms. The van der Waals surface area contributed by atoms with Crippen LogP contribution in [0.3, 0.4) is 0 Å². The molecule has 0 aromatic heterocycles. The zero-order chi connectivity index (χ0) is 15.1. The summed E-state index contributed by atoms with van der Waals surface area (Å²) in [6.07, 6.45) is 0.622. The van der Waals surface area contributed by atoms with Gasteiger partial charge in [0, 0.05) is 10.7 Å². The number of nitrogens with one attached hydrogen (secondary N) is 1. The zero-order valence-electron chi connectivity index (χ0n) is 11.8. The first kappa shape index (κ1) is 13.5. The molecular formula is C17H14ClNO3. The molecule has 2 aromatic rings. The molecule has 1 amide bonds. The maximum Gasteiger partial charge on any atom is 0.232 e. The van der Waals surface area contributed by atoms with Crippen LogP contribution < -0.4 is 14.8 Å². The second kappa shape index (κ2) is 5.21. The van der Waals surface area contributed by atoms with Gasteiger partial charge in [-0.05, 0) is 41.8 Å². The van der Waals surface area contributed by atoms with Crippen LogP contribution in [0.1, 0.15) is 17.0 Å². The predicted octanol–water partition coefficient (Wildman–Crippen LogP) is 3.39. The van der Waals surface area contributed by atoms with Crippen LogP contribution in [0.2, 0.25) is 5.02 Å². The van der Waals surface area contributed by atoms with Gasteiger partial charge >= 0.3 is 0 Å². The summed E-state index contributed by atoms with van der Waals surface area (Å²) in [5.41, 5.74) is 2.84.